The van der Waals surface area contributed by atoms with Gasteiger partial charge in [-0.05, 0) is 6.07 Å². The molecule has 0 N–H and O–H groups in total. The van der Waals surface area contributed by atoms with E-state index in [0.717, 1.165) is 5.82 Å². The van der Waals surface area contributed by atoms with Gasteiger partial charge in [-0.3, -0.25) is 0 Å². The zero-order chi connectivity index (χ0) is 7.84. The molecule has 2 rings (SSSR count). The fourth-order valence-electron chi connectivity index (χ4n) is 1.29. The molecule has 1 aromatic heterocycles. The van der Waals surface area contributed by atoms with Gasteiger partial charge < -0.3 is 17.0 Å². The molecule has 0 aliphatic carbocycles. The second-order valence-electron chi connectivity index (χ2n) is 2.64. The molecule has 4 heteroatoms. The van der Waals surface area contributed by atoms with Crippen molar-refractivity contribution in [1.29, 1.82) is 0 Å². The third-order valence-electron chi connectivity index (χ3n) is 1.94. The van der Waals surface area contributed by atoms with Crippen molar-refractivity contribution in [3.8, 4) is 0 Å². The Kier molecular flexibility index (Phi) is 2.47. The number of carbonyl (C=O) groups excluding carboxylic acids is 1. The van der Waals surface area contributed by atoms with Gasteiger partial charge in [0.05, 0.1) is 13.2 Å². The maximum absolute atomic E-state index is 11.1. The second-order valence-corrected chi connectivity index (χ2v) is 2.64. The molecule has 1 amide bonds. The molecule has 0 saturated carbocycles. The highest BCUT2D eigenvalue weighted by Crippen LogP contribution is 2.10. The molecule has 0 saturated heterocycles. The summed E-state index contributed by atoms with van der Waals surface area (Å²) in [6, 6.07) is 5.79. The summed E-state index contributed by atoms with van der Waals surface area (Å²) in [6.45, 7) is 0.479. The van der Waals surface area contributed by atoms with Crippen LogP contribution in [0.1, 0.15) is 0 Å². The molecule has 0 fully saturated rings. The molecule has 64 valence electrons. The van der Waals surface area contributed by atoms with E-state index in [9.17, 15) is 4.79 Å². The lowest BCUT2D eigenvalue weighted by molar-refractivity contribution is -0.664. The summed E-state index contributed by atoms with van der Waals surface area (Å²) >= 11 is 0. The minimum Gasteiger partial charge on any atom is -1.00 e. The van der Waals surface area contributed by atoms with Gasteiger partial charge in [0.15, 0.2) is 6.54 Å². The predicted octanol–water partition coefficient (Wildman–Crippen LogP) is -3.05. The number of carbonyl (C=O) groups is 1. The first-order valence-corrected chi connectivity index (χ1v) is 3.54. The average Bonchev–Trinajstić information content (AvgIpc) is 2.30. The Morgan fingerprint density at radius 2 is 2.25 bits per heavy atom. The Hall–Kier alpha value is -0.900. The summed E-state index contributed by atoms with van der Waals surface area (Å²) in [5, 5.41) is 0. The van der Waals surface area contributed by atoms with Crippen molar-refractivity contribution in [2.45, 2.75) is 6.54 Å². The molecule has 2 heterocycles. The largest absolute Gasteiger partial charge is 1.00 e. The molecular weight excluding hydrogens is 220 g/mol. The highest BCUT2D eigenvalue weighted by molar-refractivity contribution is 5.92. The number of halogens is 1. The number of pyridine rings is 1. The second kappa shape index (κ2) is 3.23. The summed E-state index contributed by atoms with van der Waals surface area (Å²) in [5.74, 6) is 1.12. The van der Waals surface area contributed by atoms with Crippen LogP contribution in [0.15, 0.2) is 24.4 Å². The number of hydrogen-bond donors (Lipinski definition) is 0. The van der Waals surface area contributed by atoms with Gasteiger partial charge in [-0.15, -0.1) is 0 Å². The lowest BCUT2D eigenvalue weighted by Gasteiger charge is -1.97. The Bertz CT molecular complexity index is 314. The summed E-state index contributed by atoms with van der Waals surface area (Å²) in [5.41, 5.74) is 0. The number of anilines is 1. The zero-order valence-electron chi connectivity index (χ0n) is 6.70. The molecule has 12 heavy (non-hydrogen) atoms. The van der Waals surface area contributed by atoms with Crippen LogP contribution in [-0.4, -0.2) is 13.0 Å². The zero-order valence-corrected chi connectivity index (χ0v) is 8.28. The minimum atomic E-state index is 0. The van der Waals surface area contributed by atoms with Crippen molar-refractivity contribution in [2.24, 2.45) is 0 Å². The maximum atomic E-state index is 11.1. The van der Waals surface area contributed by atoms with Crippen molar-refractivity contribution in [3.05, 3.63) is 24.4 Å². The first-order chi connectivity index (χ1) is 5.29. The van der Waals surface area contributed by atoms with E-state index in [-0.39, 0.29) is 22.9 Å². The summed E-state index contributed by atoms with van der Waals surface area (Å²) in [7, 11) is 1.79. The normalized spacial score (nSPS) is 14.1. The molecule has 0 unspecified atom stereocenters. The molecule has 1 aliphatic heterocycles. The number of nitrogens with zero attached hydrogens (tertiary/aromatic N) is 2. The van der Waals surface area contributed by atoms with Crippen LogP contribution in [0.2, 0.25) is 0 Å². The van der Waals surface area contributed by atoms with Gasteiger partial charge in [0.1, 0.15) is 0 Å². The Labute approximate surface area is 81.4 Å². The fourth-order valence-corrected chi connectivity index (χ4v) is 1.29. The molecule has 1 aromatic rings. The van der Waals surface area contributed by atoms with Crippen LogP contribution >= 0.6 is 0 Å². The van der Waals surface area contributed by atoms with E-state index in [4.69, 9.17) is 0 Å². The van der Waals surface area contributed by atoms with Gasteiger partial charge in [-0.25, -0.2) is 9.36 Å². The topological polar surface area (TPSA) is 24.2 Å². The average molecular weight is 229 g/mol. The van der Waals surface area contributed by atoms with Gasteiger partial charge in [-0.2, -0.15) is 4.90 Å². The van der Waals surface area contributed by atoms with E-state index in [1.54, 1.807) is 11.9 Å². The third kappa shape index (κ3) is 1.22. The molecule has 1 aliphatic rings. The van der Waals surface area contributed by atoms with E-state index in [2.05, 4.69) is 0 Å². The van der Waals surface area contributed by atoms with E-state index >= 15 is 0 Å². The Morgan fingerprint density at radius 1 is 1.50 bits per heavy atom. The Balaban J connectivity index is 0.000000720. The minimum absolute atomic E-state index is 0. The highest BCUT2D eigenvalue weighted by atomic mass is 79.9. The third-order valence-corrected chi connectivity index (χ3v) is 1.94. The molecule has 0 spiro atoms. The number of likely N-dealkylation sites (N-methyl/N-ethyl adjacent to an activating group) is 1. The summed E-state index contributed by atoms with van der Waals surface area (Å²) in [4.78, 5) is 12.8. The molecule has 0 bridgehead atoms. The number of rotatable bonds is 0. The summed E-state index contributed by atoms with van der Waals surface area (Å²) in [6.07, 6.45) is 1.91. The van der Waals surface area contributed by atoms with Crippen LogP contribution in [0.25, 0.3) is 0 Å². The van der Waals surface area contributed by atoms with Crippen molar-refractivity contribution >= 4 is 11.7 Å². The van der Waals surface area contributed by atoms with Crippen LogP contribution < -0.4 is 26.4 Å². The summed E-state index contributed by atoms with van der Waals surface area (Å²) < 4.78 is 1.93. The SMILES string of the molecule is CN1C(=O)C[n+]2ccccc21.[Br-]. The van der Waals surface area contributed by atoms with Crippen molar-refractivity contribution in [3.63, 3.8) is 0 Å². The lowest BCUT2D eigenvalue weighted by atomic mass is 10.4. The van der Waals surface area contributed by atoms with Gasteiger partial charge in [0, 0.05) is 6.07 Å². The number of fused-ring (bicyclic) bond motifs is 1. The van der Waals surface area contributed by atoms with E-state index < -0.39 is 0 Å². The predicted molar refractivity (Wildman–Crippen MR) is 40.0 cm³/mol. The van der Waals surface area contributed by atoms with Crippen LogP contribution in [0.3, 0.4) is 0 Å². The maximum Gasteiger partial charge on any atom is 0.351 e. The van der Waals surface area contributed by atoms with Crippen molar-refractivity contribution in [2.75, 3.05) is 11.9 Å². The monoisotopic (exact) mass is 228 g/mol. The molecule has 0 radical (unpaired) electrons. The fraction of sp³-hybridized carbons (Fsp3) is 0.250. The van der Waals surface area contributed by atoms with E-state index in [0.29, 0.717) is 6.54 Å². The smallest absolute Gasteiger partial charge is 0.351 e. The van der Waals surface area contributed by atoms with Gasteiger partial charge >= 0.3 is 5.91 Å². The quantitative estimate of drug-likeness (QED) is 0.434. The van der Waals surface area contributed by atoms with Gasteiger partial charge in [0.2, 0.25) is 0 Å². The van der Waals surface area contributed by atoms with Crippen LogP contribution in [-0.2, 0) is 11.3 Å². The first-order valence-electron chi connectivity index (χ1n) is 3.54. The standard InChI is InChI=1S/C8H9N2O.BrH/c1-9-7-4-2-3-5-10(7)6-8(9)11;/h2-5H,6H2,1H3;1H/q+1;/p-1. The first kappa shape index (κ1) is 9.19. The molecule has 3 nitrogen and oxygen atoms in total. The van der Waals surface area contributed by atoms with E-state index in [1.807, 2.05) is 29.0 Å². The van der Waals surface area contributed by atoms with Crippen LogP contribution in [0, 0.1) is 0 Å². The van der Waals surface area contributed by atoms with Crippen LogP contribution in [0.4, 0.5) is 5.82 Å². The van der Waals surface area contributed by atoms with Crippen LogP contribution in [0.5, 0.6) is 0 Å². The number of aromatic nitrogens is 1. The van der Waals surface area contributed by atoms with Gasteiger partial charge in [0.25, 0.3) is 5.82 Å². The van der Waals surface area contributed by atoms with Crippen molar-refractivity contribution in [1.82, 2.24) is 0 Å². The Morgan fingerprint density at radius 3 is 2.92 bits per heavy atom. The van der Waals surface area contributed by atoms with Crippen molar-refractivity contribution < 1.29 is 26.3 Å². The molecule has 0 atom stereocenters. The molecule has 0 aromatic carbocycles. The lowest BCUT2D eigenvalue weighted by Crippen LogP contribution is -3.00. The highest BCUT2D eigenvalue weighted by Gasteiger charge is 2.31. The van der Waals surface area contributed by atoms with E-state index in [1.165, 1.54) is 0 Å². The van der Waals surface area contributed by atoms with Gasteiger partial charge in [-0.1, -0.05) is 6.07 Å². The number of amides is 1. The number of hydrogen-bond acceptors (Lipinski definition) is 1. The molecular formula is C8H9BrN2O.